The molecule has 3 rings (SSSR count). The van der Waals surface area contributed by atoms with E-state index in [-0.39, 0.29) is 30.2 Å². The lowest BCUT2D eigenvalue weighted by Gasteiger charge is -2.27. The molecule has 1 aliphatic rings. The van der Waals surface area contributed by atoms with Gasteiger partial charge < -0.3 is 14.8 Å². The Bertz CT molecular complexity index is 764. The van der Waals surface area contributed by atoms with E-state index in [1.807, 2.05) is 13.1 Å². The first-order valence-electron chi connectivity index (χ1n) is 9.38. The summed E-state index contributed by atoms with van der Waals surface area (Å²) in [5.74, 6) is -0.419. The molecule has 0 unspecified atom stereocenters. The number of benzene rings is 1. The maximum atomic E-state index is 13.9. The highest BCUT2D eigenvalue weighted by Crippen LogP contribution is 2.36. The highest BCUT2D eigenvalue weighted by atomic mass is 35.5. The van der Waals surface area contributed by atoms with Crippen LogP contribution < -0.4 is 10.1 Å². The van der Waals surface area contributed by atoms with Gasteiger partial charge in [0.1, 0.15) is 18.2 Å². The largest absolute Gasteiger partial charge is 0.473 e. The van der Waals surface area contributed by atoms with Crippen molar-refractivity contribution < 1.29 is 18.3 Å². The maximum Gasteiger partial charge on any atom is 0.212 e. The van der Waals surface area contributed by atoms with Crippen molar-refractivity contribution in [2.24, 2.45) is 0 Å². The van der Waals surface area contributed by atoms with E-state index in [9.17, 15) is 8.78 Å². The van der Waals surface area contributed by atoms with Crippen LogP contribution in [0.25, 0.3) is 0 Å². The van der Waals surface area contributed by atoms with Gasteiger partial charge in [-0.05, 0) is 44.5 Å². The Morgan fingerprint density at radius 1 is 1.21 bits per heavy atom. The van der Waals surface area contributed by atoms with Gasteiger partial charge in [0.25, 0.3) is 0 Å². The van der Waals surface area contributed by atoms with Crippen molar-refractivity contribution in [3.63, 3.8) is 0 Å². The molecule has 2 aromatic rings. The molecule has 1 heterocycles. The molecule has 28 heavy (non-hydrogen) atoms. The molecule has 1 aliphatic carbocycles. The summed E-state index contributed by atoms with van der Waals surface area (Å²) in [6, 6.07) is 5.20. The van der Waals surface area contributed by atoms with E-state index in [1.54, 1.807) is 11.8 Å². The summed E-state index contributed by atoms with van der Waals surface area (Å²) in [5, 5.41) is 7.65. The molecule has 0 amide bonds. The van der Waals surface area contributed by atoms with Crippen molar-refractivity contribution in [1.29, 1.82) is 0 Å². The molecular formula is C20H28ClF2N3O2. The van der Waals surface area contributed by atoms with E-state index in [4.69, 9.17) is 9.47 Å². The number of hydrogen-bond acceptors (Lipinski definition) is 4. The third kappa shape index (κ3) is 5.43. The molecular weight excluding hydrogens is 388 g/mol. The fourth-order valence-corrected chi connectivity index (χ4v) is 3.68. The fraction of sp³-hybridized carbons (Fsp3) is 0.550. The second kappa shape index (κ2) is 10.2. The van der Waals surface area contributed by atoms with Gasteiger partial charge in [0.15, 0.2) is 0 Å². The van der Waals surface area contributed by atoms with Crippen molar-refractivity contribution in [2.45, 2.75) is 57.4 Å². The Labute approximate surface area is 170 Å². The second-order valence-corrected chi connectivity index (χ2v) is 7.10. The van der Waals surface area contributed by atoms with Crippen molar-refractivity contribution >= 4 is 12.4 Å². The zero-order valence-corrected chi connectivity index (χ0v) is 17.2. The molecule has 1 saturated carbocycles. The lowest BCUT2D eigenvalue weighted by atomic mass is 9.98. The summed E-state index contributed by atoms with van der Waals surface area (Å²) in [6.07, 6.45) is 5.31. The molecule has 1 N–H and O–H groups in total. The molecule has 0 bridgehead atoms. The third-order valence-electron chi connectivity index (χ3n) is 5.26. The quantitative estimate of drug-likeness (QED) is 0.665. The van der Waals surface area contributed by atoms with E-state index < -0.39 is 11.6 Å². The lowest BCUT2D eigenvalue weighted by molar-refractivity contribution is -0.0156. The highest BCUT2D eigenvalue weighted by molar-refractivity contribution is 5.85. The number of rotatable bonds is 9. The first-order chi connectivity index (χ1) is 13.0. The van der Waals surface area contributed by atoms with Gasteiger partial charge in [0, 0.05) is 31.8 Å². The number of hydrogen-bond donors (Lipinski definition) is 1. The van der Waals surface area contributed by atoms with Gasteiger partial charge in [-0.1, -0.05) is 12.8 Å². The Kier molecular flexibility index (Phi) is 8.22. The molecule has 0 radical (unpaired) electrons. The van der Waals surface area contributed by atoms with Crippen LogP contribution in [0.2, 0.25) is 0 Å². The van der Waals surface area contributed by atoms with E-state index in [2.05, 4.69) is 10.4 Å². The van der Waals surface area contributed by atoms with Gasteiger partial charge in [0.05, 0.1) is 11.3 Å². The topological polar surface area (TPSA) is 48.3 Å². The minimum atomic E-state index is -0.484. The Morgan fingerprint density at radius 2 is 1.96 bits per heavy atom. The van der Waals surface area contributed by atoms with E-state index in [0.717, 1.165) is 43.2 Å². The van der Waals surface area contributed by atoms with E-state index >= 15 is 0 Å². The predicted octanol–water partition coefficient (Wildman–Crippen LogP) is 4.23. The predicted molar refractivity (Wildman–Crippen MR) is 106 cm³/mol. The summed E-state index contributed by atoms with van der Waals surface area (Å²) in [4.78, 5) is 0. The van der Waals surface area contributed by atoms with Gasteiger partial charge in [-0.2, -0.15) is 5.10 Å². The summed E-state index contributed by atoms with van der Waals surface area (Å²) >= 11 is 0. The highest BCUT2D eigenvalue weighted by Gasteiger charge is 2.33. The molecule has 1 fully saturated rings. The van der Waals surface area contributed by atoms with Crippen molar-refractivity contribution in [3.8, 4) is 5.88 Å². The van der Waals surface area contributed by atoms with Gasteiger partial charge >= 0.3 is 0 Å². The van der Waals surface area contributed by atoms with Crippen LogP contribution in [0.3, 0.4) is 0 Å². The van der Waals surface area contributed by atoms with Crippen LogP contribution in [0.1, 0.15) is 43.4 Å². The fourth-order valence-electron chi connectivity index (χ4n) is 3.68. The standard InChI is InChI=1S/C20H27F2N3O2.ClH/c1-23-13-17-12-19(27-14-15-11-16(21)5-6-18(15)22)25(24-17)10-9-20(26-2)7-3-4-8-20;/h5-6,11-12,23H,3-4,7-10,13-14H2,1-2H3;1H. The van der Waals surface area contributed by atoms with Gasteiger partial charge in [-0.15, -0.1) is 12.4 Å². The third-order valence-corrected chi connectivity index (χ3v) is 5.26. The average Bonchev–Trinajstić information content (AvgIpc) is 3.28. The minimum absolute atomic E-state index is 0. The zero-order chi connectivity index (χ0) is 19.3. The van der Waals surface area contributed by atoms with Crippen LogP contribution in [0.15, 0.2) is 24.3 Å². The molecule has 156 valence electrons. The number of aryl methyl sites for hydroxylation is 1. The molecule has 0 atom stereocenters. The molecule has 8 heteroatoms. The number of ether oxygens (including phenoxy) is 2. The summed E-state index contributed by atoms with van der Waals surface area (Å²) < 4.78 is 40.6. The molecule has 1 aromatic carbocycles. The van der Waals surface area contributed by atoms with Gasteiger partial charge in [-0.3, -0.25) is 0 Å². The lowest BCUT2D eigenvalue weighted by Crippen LogP contribution is -2.29. The Morgan fingerprint density at radius 3 is 2.64 bits per heavy atom. The van der Waals surface area contributed by atoms with E-state index in [0.29, 0.717) is 19.0 Å². The van der Waals surface area contributed by atoms with Crippen LogP contribution in [0.5, 0.6) is 5.88 Å². The number of aromatic nitrogens is 2. The second-order valence-electron chi connectivity index (χ2n) is 7.10. The Hall–Kier alpha value is -1.70. The van der Waals surface area contributed by atoms with Crippen LogP contribution in [0.4, 0.5) is 8.78 Å². The first kappa shape index (κ1) is 22.6. The van der Waals surface area contributed by atoms with Crippen molar-refractivity contribution in [3.05, 3.63) is 47.2 Å². The maximum absolute atomic E-state index is 13.9. The molecule has 0 aliphatic heterocycles. The van der Waals surface area contributed by atoms with Crippen molar-refractivity contribution in [1.82, 2.24) is 15.1 Å². The van der Waals surface area contributed by atoms with Crippen LogP contribution in [-0.2, 0) is 24.4 Å². The molecule has 0 spiro atoms. The summed E-state index contributed by atoms with van der Waals surface area (Å²) in [7, 11) is 3.62. The molecule has 1 aromatic heterocycles. The summed E-state index contributed by atoms with van der Waals surface area (Å²) in [5.41, 5.74) is 0.924. The monoisotopic (exact) mass is 415 g/mol. The summed E-state index contributed by atoms with van der Waals surface area (Å²) in [6.45, 7) is 1.20. The number of halogens is 3. The van der Waals surface area contributed by atoms with Gasteiger partial charge in [0.2, 0.25) is 5.88 Å². The normalized spacial score (nSPS) is 15.4. The zero-order valence-electron chi connectivity index (χ0n) is 16.3. The van der Waals surface area contributed by atoms with Crippen LogP contribution >= 0.6 is 12.4 Å². The average molecular weight is 416 g/mol. The number of methoxy groups -OCH3 is 1. The first-order valence-corrected chi connectivity index (χ1v) is 9.38. The van der Waals surface area contributed by atoms with Crippen molar-refractivity contribution in [2.75, 3.05) is 14.2 Å². The smallest absolute Gasteiger partial charge is 0.212 e. The SMILES string of the molecule is CNCc1cc(OCc2cc(F)ccc2F)n(CCC2(OC)CCCC2)n1.Cl. The van der Waals surface area contributed by atoms with Gasteiger partial charge in [-0.25, -0.2) is 13.5 Å². The minimum Gasteiger partial charge on any atom is -0.473 e. The Balaban J connectivity index is 0.00000280. The van der Waals surface area contributed by atoms with Crippen LogP contribution in [0, 0.1) is 11.6 Å². The number of nitrogens with one attached hydrogen (secondary N) is 1. The number of nitrogens with zero attached hydrogens (tertiary/aromatic N) is 2. The molecule has 0 saturated heterocycles. The van der Waals surface area contributed by atoms with E-state index in [1.165, 1.54) is 12.8 Å². The molecule has 5 nitrogen and oxygen atoms in total. The van der Waals surface area contributed by atoms with Crippen LogP contribution in [-0.4, -0.2) is 29.5 Å².